The topological polar surface area (TPSA) is 49.4 Å². The highest BCUT2D eigenvalue weighted by atomic mass is 32.2. The molecule has 1 N–H and O–H groups in total. The summed E-state index contributed by atoms with van der Waals surface area (Å²) in [5.41, 5.74) is 0.914. The third-order valence-electron chi connectivity index (χ3n) is 3.80. The van der Waals surface area contributed by atoms with Gasteiger partial charge in [-0.3, -0.25) is 0 Å². The maximum atomic E-state index is 12.2. The van der Waals surface area contributed by atoms with E-state index in [-0.39, 0.29) is 17.8 Å². The molecule has 0 saturated carbocycles. The highest BCUT2D eigenvalue weighted by Crippen LogP contribution is 2.33. The van der Waals surface area contributed by atoms with Crippen LogP contribution >= 0.6 is 0 Å². The molecule has 20 heavy (non-hydrogen) atoms. The molecular weight excluding hydrogens is 272 g/mol. The van der Waals surface area contributed by atoms with Crippen molar-refractivity contribution >= 4 is 9.84 Å². The monoisotopic (exact) mass is 296 g/mol. The van der Waals surface area contributed by atoms with Gasteiger partial charge in [0, 0.05) is 18.6 Å². The first-order valence-electron chi connectivity index (χ1n) is 7.03. The number of benzene rings is 1. The summed E-state index contributed by atoms with van der Waals surface area (Å²) in [5, 5.41) is 3.54. The number of hydrogen-bond donors (Lipinski definition) is 1. The molecule has 0 saturated heterocycles. The number of fused-ring (bicyclic) bond motifs is 1. The molecule has 0 fully saturated rings. The van der Waals surface area contributed by atoms with E-state index in [4.69, 9.17) is 0 Å². The predicted octanol–water partition coefficient (Wildman–Crippen LogP) is 1.69. The molecular formula is C15H24N2O2S. The lowest BCUT2D eigenvalue weighted by atomic mass is 10.0. The maximum Gasteiger partial charge on any atom is 0.180 e. The van der Waals surface area contributed by atoms with Gasteiger partial charge >= 0.3 is 0 Å². The highest BCUT2D eigenvalue weighted by Gasteiger charge is 2.35. The molecule has 0 bridgehead atoms. The Bertz CT molecular complexity index is 567. The summed E-state index contributed by atoms with van der Waals surface area (Å²) in [6, 6.07) is 7.51. The van der Waals surface area contributed by atoms with Crippen LogP contribution in [0.1, 0.15) is 25.5 Å². The number of hydrogen-bond acceptors (Lipinski definition) is 4. The van der Waals surface area contributed by atoms with E-state index in [1.807, 2.05) is 26.2 Å². The zero-order chi connectivity index (χ0) is 14.9. The summed E-state index contributed by atoms with van der Waals surface area (Å²) in [6.45, 7) is 5.23. The molecule has 1 aromatic carbocycles. The molecule has 1 aliphatic rings. The van der Waals surface area contributed by atoms with Crippen LogP contribution in [-0.4, -0.2) is 45.8 Å². The average molecular weight is 296 g/mol. The van der Waals surface area contributed by atoms with E-state index in [1.165, 1.54) is 0 Å². The molecule has 0 radical (unpaired) electrons. The van der Waals surface area contributed by atoms with Crippen LogP contribution in [0.15, 0.2) is 29.2 Å². The Hall–Kier alpha value is -0.910. The number of sulfone groups is 1. The van der Waals surface area contributed by atoms with Crippen molar-refractivity contribution < 1.29 is 8.42 Å². The molecule has 112 valence electrons. The molecule has 2 atom stereocenters. The van der Waals surface area contributed by atoms with Gasteiger partial charge in [-0.1, -0.05) is 32.0 Å². The van der Waals surface area contributed by atoms with Crippen LogP contribution in [0.5, 0.6) is 0 Å². The number of nitrogens with zero attached hydrogens (tertiary/aromatic N) is 1. The zero-order valence-electron chi connectivity index (χ0n) is 12.6. The molecule has 0 amide bonds. The second-order valence-electron chi connectivity index (χ2n) is 6.15. The molecule has 5 heteroatoms. The van der Waals surface area contributed by atoms with Gasteiger partial charge in [0.05, 0.1) is 10.6 Å². The van der Waals surface area contributed by atoms with E-state index in [9.17, 15) is 8.42 Å². The quantitative estimate of drug-likeness (QED) is 0.898. The van der Waals surface area contributed by atoms with Crippen molar-refractivity contribution in [2.45, 2.75) is 30.8 Å². The van der Waals surface area contributed by atoms with Gasteiger partial charge in [-0.15, -0.1) is 0 Å². The number of likely N-dealkylation sites (N-methyl/N-ethyl adjacent to an activating group) is 1. The molecule has 2 unspecified atom stereocenters. The minimum atomic E-state index is -3.13. The van der Waals surface area contributed by atoms with Crippen molar-refractivity contribution in [3.05, 3.63) is 29.8 Å². The van der Waals surface area contributed by atoms with E-state index in [0.717, 1.165) is 12.1 Å². The van der Waals surface area contributed by atoms with E-state index in [0.29, 0.717) is 10.8 Å². The van der Waals surface area contributed by atoms with E-state index in [2.05, 4.69) is 24.1 Å². The lowest BCUT2D eigenvalue weighted by molar-refractivity contribution is 0.274. The van der Waals surface area contributed by atoms with Crippen LogP contribution in [0.2, 0.25) is 0 Å². The summed E-state index contributed by atoms with van der Waals surface area (Å²) in [7, 11) is 0.946. The lowest BCUT2D eigenvalue weighted by Gasteiger charge is -2.28. The van der Waals surface area contributed by atoms with Gasteiger partial charge in [-0.25, -0.2) is 8.42 Å². The summed E-state index contributed by atoms with van der Waals surface area (Å²) < 4.78 is 24.4. The third kappa shape index (κ3) is 3.22. The maximum absolute atomic E-state index is 12.2. The van der Waals surface area contributed by atoms with Crippen LogP contribution in [0.25, 0.3) is 0 Å². The second-order valence-corrected chi connectivity index (χ2v) is 8.15. The van der Waals surface area contributed by atoms with Crippen molar-refractivity contribution in [1.82, 2.24) is 10.2 Å². The molecule has 4 nitrogen and oxygen atoms in total. The highest BCUT2D eigenvalue weighted by molar-refractivity contribution is 7.91. The normalized spacial score (nSPS) is 22.2. The van der Waals surface area contributed by atoms with Crippen molar-refractivity contribution in [3.63, 3.8) is 0 Å². The second kappa shape index (κ2) is 5.84. The largest absolute Gasteiger partial charge is 0.308 e. The summed E-state index contributed by atoms with van der Waals surface area (Å²) in [5.74, 6) is 0.621. The van der Waals surface area contributed by atoms with Gasteiger partial charge in [0.2, 0.25) is 0 Å². The molecule has 1 aromatic rings. The Morgan fingerprint density at radius 3 is 2.55 bits per heavy atom. The first-order valence-corrected chi connectivity index (χ1v) is 8.69. The van der Waals surface area contributed by atoms with Crippen LogP contribution in [0.3, 0.4) is 0 Å². The Kier molecular flexibility index (Phi) is 4.52. The van der Waals surface area contributed by atoms with Crippen molar-refractivity contribution in [2.75, 3.05) is 26.4 Å². The van der Waals surface area contributed by atoms with Gasteiger partial charge in [0.1, 0.15) is 0 Å². The predicted molar refractivity (Wildman–Crippen MR) is 81.6 cm³/mol. The van der Waals surface area contributed by atoms with Gasteiger partial charge in [0.15, 0.2) is 9.84 Å². The SMILES string of the molecule is CC(C)C(CN(C)C)NC1CS(=O)(=O)c2ccccc21. The Labute approximate surface area is 122 Å². The zero-order valence-corrected chi connectivity index (χ0v) is 13.4. The van der Waals surface area contributed by atoms with Gasteiger partial charge in [-0.2, -0.15) is 0 Å². The fourth-order valence-corrected chi connectivity index (χ4v) is 4.45. The first-order chi connectivity index (χ1) is 9.31. The molecule has 0 aromatic heterocycles. The summed E-state index contributed by atoms with van der Waals surface area (Å²) in [6.07, 6.45) is 0. The number of rotatable bonds is 5. The van der Waals surface area contributed by atoms with Gasteiger partial charge in [-0.05, 0) is 31.6 Å². The minimum Gasteiger partial charge on any atom is -0.308 e. The standard InChI is InChI=1S/C15H24N2O2S/c1-11(2)13(9-17(3)4)16-14-10-20(18,19)15-8-6-5-7-12(14)15/h5-8,11,13-14,16H,9-10H2,1-4H3. The van der Waals surface area contributed by atoms with E-state index >= 15 is 0 Å². The van der Waals surface area contributed by atoms with Crippen LogP contribution in [0.4, 0.5) is 0 Å². The smallest absolute Gasteiger partial charge is 0.180 e. The Morgan fingerprint density at radius 2 is 1.95 bits per heavy atom. The molecule has 0 spiro atoms. The van der Waals surface area contributed by atoms with Crippen LogP contribution in [0, 0.1) is 5.92 Å². The van der Waals surface area contributed by atoms with Crippen LogP contribution < -0.4 is 5.32 Å². The summed E-state index contributed by atoms with van der Waals surface area (Å²) >= 11 is 0. The summed E-state index contributed by atoms with van der Waals surface area (Å²) in [4.78, 5) is 2.62. The van der Waals surface area contributed by atoms with E-state index < -0.39 is 9.84 Å². The Balaban J connectivity index is 2.23. The fraction of sp³-hybridized carbons (Fsp3) is 0.600. The Morgan fingerprint density at radius 1 is 1.30 bits per heavy atom. The van der Waals surface area contributed by atoms with Crippen molar-refractivity contribution in [2.24, 2.45) is 5.92 Å². The molecule has 2 rings (SSSR count). The van der Waals surface area contributed by atoms with Gasteiger partial charge in [0.25, 0.3) is 0 Å². The average Bonchev–Trinajstić information content (AvgIpc) is 2.60. The molecule has 0 aliphatic carbocycles. The van der Waals surface area contributed by atoms with Gasteiger partial charge < -0.3 is 10.2 Å². The molecule has 1 aliphatic heterocycles. The fourth-order valence-electron chi connectivity index (χ4n) is 2.70. The van der Waals surface area contributed by atoms with Crippen molar-refractivity contribution in [1.29, 1.82) is 0 Å². The number of nitrogens with one attached hydrogen (secondary N) is 1. The van der Waals surface area contributed by atoms with Crippen LogP contribution in [-0.2, 0) is 9.84 Å². The molecule has 1 heterocycles. The van der Waals surface area contributed by atoms with E-state index in [1.54, 1.807) is 12.1 Å². The first kappa shape index (κ1) is 15.5. The third-order valence-corrected chi connectivity index (χ3v) is 5.61. The van der Waals surface area contributed by atoms with Crippen molar-refractivity contribution in [3.8, 4) is 0 Å². The lowest BCUT2D eigenvalue weighted by Crippen LogP contribution is -2.44. The minimum absolute atomic E-state index is 0.0939.